The van der Waals surface area contributed by atoms with Crippen molar-refractivity contribution in [2.24, 2.45) is 0 Å². The summed E-state index contributed by atoms with van der Waals surface area (Å²) in [5, 5.41) is 13.7. The molecule has 110 valence electrons. The molecule has 1 spiro atoms. The van der Waals surface area contributed by atoms with Crippen LogP contribution in [0.25, 0.3) is 0 Å². The monoisotopic (exact) mass is 270 g/mol. The summed E-state index contributed by atoms with van der Waals surface area (Å²) in [6.07, 6.45) is 3.97. The average Bonchev–Trinajstić information content (AvgIpc) is 3.00. The van der Waals surface area contributed by atoms with Crippen molar-refractivity contribution in [1.82, 2.24) is 10.2 Å². The summed E-state index contributed by atoms with van der Waals surface area (Å²) < 4.78 is 11.5. The molecule has 3 aliphatic heterocycles. The maximum absolute atomic E-state index is 10.5. The predicted molar refractivity (Wildman–Crippen MR) is 72.2 cm³/mol. The third-order valence-corrected chi connectivity index (χ3v) is 4.92. The van der Waals surface area contributed by atoms with Crippen molar-refractivity contribution in [2.45, 2.75) is 42.9 Å². The van der Waals surface area contributed by atoms with Crippen molar-refractivity contribution in [3.63, 3.8) is 0 Å². The van der Waals surface area contributed by atoms with Gasteiger partial charge in [-0.1, -0.05) is 0 Å². The molecule has 3 rings (SSSR count). The lowest BCUT2D eigenvalue weighted by atomic mass is 9.88. The Balaban J connectivity index is 1.58. The molecule has 0 saturated carbocycles. The maximum Gasteiger partial charge on any atom is 0.0951 e. The van der Waals surface area contributed by atoms with E-state index in [0.717, 1.165) is 65.1 Å². The van der Waals surface area contributed by atoms with Gasteiger partial charge in [0.05, 0.1) is 17.8 Å². The van der Waals surface area contributed by atoms with Crippen LogP contribution in [-0.2, 0) is 9.47 Å². The summed E-state index contributed by atoms with van der Waals surface area (Å²) >= 11 is 0. The molecular formula is C14H26N2O3. The Morgan fingerprint density at radius 2 is 2.26 bits per heavy atom. The number of hydrogen-bond acceptors (Lipinski definition) is 5. The van der Waals surface area contributed by atoms with E-state index < -0.39 is 5.60 Å². The van der Waals surface area contributed by atoms with E-state index in [1.54, 1.807) is 0 Å². The van der Waals surface area contributed by atoms with Gasteiger partial charge in [-0.15, -0.1) is 0 Å². The van der Waals surface area contributed by atoms with Gasteiger partial charge in [0.2, 0.25) is 0 Å². The molecule has 3 saturated heterocycles. The minimum Gasteiger partial charge on any atom is -0.387 e. The van der Waals surface area contributed by atoms with Crippen LogP contribution < -0.4 is 5.32 Å². The Hall–Kier alpha value is -0.200. The number of β-amino-alcohol motifs (C(OH)–C–C–N with tert-alkyl or cyclic N) is 1. The van der Waals surface area contributed by atoms with Crippen molar-refractivity contribution < 1.29 is 14.6 Å². The molecule has 19 heavy (non-hydrogen) atoms. The van der Waals surface area contributed by atoms with Crippen LogP contribution in [-0.4, -0.2) is 73.8 Å². The van der Waals surface area contributed by atoms with Crippen LogP contribution in [0.1, 0.15) is 25.7 Å². The van der Waals surface area contributed by atoms with Gasteiger partial charge in [-0.25, -0.2) is 0 Å². The zero-order chi connectivity index (χ0) is 13.3. The SMILES string of the molecule is CN(CC1(O)CCNC1)C1CCOC2(CCOC2)C1. The lowest BCUT2D eigenvalue weighted by Gasteiger charge is -2.42. The number of hydrogen-bond donors (Lipinski definition) is 2. The highest BCUT2D eigenvalue weighted by Crippen LogP contribution is 2.35. The molecule has 0 aliphatic carbocycles. The summed E-state index contributed by atoms with van der Waals surface area (Å²) in [6.45, 7) is 4.77. The second-order valence-corrected chi connectivity index (χ2v) is 6.55. The first-order chi connectivity index (χ1) is 9.11. The lowest BCUT2D eigenvalue weighted by Crippen LogP contribution is -2.52. The zero-order valence-electron chi connectivity index (χ0n) is 11.9. The number of ether oxygens (including phenoxy) is 2. The normalized spacial score (nSPS) is 43.4. The third-order valence-electron chi connectivity index (χ3n) is 4.92. The van der Waals surface area contributed by atoms with Crippen LogP contribution in [0.2, 0.25) is 0 Å². The number of nitrogens with one attached hydrogen (secondary N) is 1. The molecule has 0 aromatic heterocycles. The van der Waals surface area contributed by atoms with Gasteiger partial charge in [-0.2, -0.15) is 0 Å². The summed E-state index contributed by atoms with van der Waals surface area (Å²) in [6, 6.07) is 0.500. The van der Waals surface area contributed by atoms with E-state index in [1.807, 2.05) is 0 Å². The minimum atomic E-state index is -0.549. The van der Waals surface area contributed by atoms with Gasteiger partial charge in [0.15, 0.2) is 0 Å². The Bertz CT molecular complexity index is 312. The molecule has 3 unspecified atom stereocenters. The second kappa shape index (κ2) is 5.30. The number of nitrogens with zero attached hydrogens (tertiary/aromatic N) is 1. The number of rotatable bonds is 3. The van der Waals surface area contributed by atoms with Crippen molar-refractivity contribution in [3.05, 3.63) is 0 Å². The van der Waals surface area contributed by atoms with Gasteiger partial charge in [-0.3, -0.25) is 0 Å². The van der Waals surface area contributed by atoms with Crippen molar-refractivity contribution in [2.75, 3.05) is 46.5 Å². The van der Waals surface area contributed by atoms with E-state index in [1.165, 1.54) is 0 Å². The van der Waals surface area contributed by atoms with E-state index in [9.17, 15) is 5.11 Å². The van der Waals surface area contributed by atoms with E-state index in [4.69, 9.17) is 9.47 Å². The first kappa shape index (κ1) is 13.8. The van der Waals surface area contributed by atoms with E-state index >= 15 is 0 Å². The highest BCUT2D eigenvalue weighted by atomic mass is 16.6. The summed E-state index contributed by atoms with van der Waals surface area (Å²) in [4.78, 5) is 2.33. The number of likely N-dealkylation sites (N-methyl/N-ethyl adjacent to an activating group) is 1. The molecule has 0 aromatic rings. The van der Waals surface area contributed by atoms with Crippen LogP contribution in [0.3, 0.4) is 0 Å². The molecule has 5 nitrogen and oxygen atoms in total. The summed E-state index contributed by atoms with van der Waals surface area (Å²) in [7, 11) is 2.13. The Labute approximate surface area is 115 Å². The van der Waals surface area contributed by atoms with Gasteiger partial charge in [0.25, 0.3) is 0 Å². The fourth-order valence-electron chi connectivity index (χ4n) is 3.70. The number of aliphatic hydroxyl groups is 1. The minimum absolute atomic E-state index is 0.0479. The van der Waals surface area contributed by atoms with E-state index in [0.29, 0.717) is 6.04 Å². The van der Waals surface area contributed by atoms with Gasteiger partial charge in [0.1, 0.15) is 0 Å². The molecule has 0 aromatic carbocycles. The maximum atomic E-state index is 10.5. The lowest BCUT2D eigenvalue weighted by molar-refractivity contribution is -0.110. The van der Waals surface area contributed by atoms with E-state index in [2.05, 4.69) is 17.3 Å². The van der Waals surface area contributed by atoms with Crippen LogP contribution in [0.5, 0.6) is 0 Å². The third kappa shape index (κ3) is 2.95. The molecule has 2 N–H and O–H groups in total. The fraction of sp³-hybridized carbons (Fsp3) is 1.00. The zero-order valence-corrected chi connectivity index (χ0v) is 11.9. The van der Waals surface area contributed by atoms with Gasteiger partial charge in [0, 0.05) is 38.8 Å². The van der Waals surface area contributed by atoms with Crippen molar-refractivity contribution in [3.8, 4) is 0 Å². The highest BCUT2D eigenvalue weighted by molar-refractivity contribution is 4.96. The quantitative estimate of drug-likeness (QED) is 0.755. The topological polar surface area (TPSA) is 54.0 Å². The van der Waals surface area contributed by atoms with E-state index in [-0.39, 0.29) is 5.60 Å². The van der Waals surface area contributed by atoms with Crippen molar-refractivity contribution in [1.29, 1.82) is 0 Å². The first-order valence-corrected chi connectivity index (χ1v) is 7.46. The van der Waals surface area contributed by atoms with Crippen LogP contribution in [0, 0.1) is 0 Å². The molecule has 0 radical (unpaired) electrons. The van der Waals surface area contributed by atoms with Crippen LogP contribution in [0.15, 0.2) is 0 Å². The van der Waals surface area contributed by atoms with Gasteiger partial charge < -0.3 is 24.8 Å². The van der Waals surface area contributed by atoms with Gasteiger partial charge >= 0.3 is 0 Å². The first-order valence-electron chi connectivity index (χ1n) is 7.46. The molecule has 3 aliphatic rings. The highest BCUT2D eigenvalue weighted by Gasteiger charge is 2.43. The molecular weight excluding hydrogens is 244 g/mol. The van der Waals surface area contributed by atoms with Crippen LogP contribution in [0.4, 0.5) is 0 Å². The summed E-state index contributed by atoms with van der Waals surface area (Å²) in [5.74, 6) is 0. The Morgan fingerprint density at radius 1 is 1.37 bits per heavy atom. The standard InChI is InChI=1S/C14H26N2O3/c1-16(10-13(17)3-5-15-9-13)12-2-6-19-14(8-12)4-7-18-11-14/h12,15,17H,2-11H2,1H3. The predicted octanol–water partition coefficient (Wildman–Crippen LogP) is -0.0193. The second-order valence-electron chi connectivity index (χ2n) is 6.55. The molecule has 3 fully saturated rings. The molecule has 0 amide bonds. The molecule has 5 heteroatoms. The molecule has 0 bridgehead atoms. The van der Waals surface area contributed by atoms with Gasteiger partial charge in [-0.05, 0) is 32.9 Å². The summed E-state index contributed by atoms with van der Waals surface area (Å²) in [5.41, 5.74) is -0.597. The Morgan fingerprint density at radius 3 is 2.95 bits per heavy atom. The molecule has 3 heterocycles. The molecule has 3 atom stereocenters. The smallest absolute Gasteiger partial charge is 0.0951 e. The average molecular weight is 270 g/mol. The Kier molecular flexibility index (Phi) is 3.84. The van der Waals surface area contributed by atoms with Crippen molar-refractivity contribution >= 4 is 0 Å². The fourth-order valence-corrected chi connectivity index (χ4v) is 3.70. The largest absolute Gasteiger partial charge is 0.387 e. The van der Waals surface area contributed by atoms with Crippen LogP contribution >= 0.6 is 0 Å².